The van der Waals surface area contributed by atoms with Crippen LogP contribution in [0.2, 0.25) is 0 Å². The largest absolute Gasteiger partial charge is 0.494 e. The summed E-state index contributed by atoms with van der Waals surface area (Å²) in [6.07, 6.45) is 1.55. The van der Waals surface area contributed by atoms with E-state index in [1.165, 1.54) is 17.5 Å². The van der Waals surface area contributed by atoms with Crippen LogP contribution in [0, 0.1) is 0 Å². The minimum Gasteiger partial charge on any atom is -0.494 e. The molecule has 8 nitrogen and oxygen atoms in total. The third-order valence-electron chi connectivity index (χ3n) is 3.54. The molecule has 1 unspecified atom stereocenters. The van der Waals surface area contributed by atoms with Gasteiger partial charge in [-0.2, -0.15) is 0 Å². The zero-order chi connectivity index (χ0) is 19.9. The zero-order valence-electron chi connectivity index (χ0n) is 15.0. The van der Waals surface area contributed by atoms with Gasteiger partial charge in [0.1, 0.15) is 16.8 Å². The Labute approximate surface area is 161 Å². The maximum Gasteiger partial charge on any atom is 0.244 e. The molecule has 2 aromatic rings. The molecule has 146 valence electrons. The standard InChI is InChI=1S/C17H21N3O5S2/c1-3-14(16(22)20-17-18-9-10-26-17)27(23,24)11-15(21)19-12-5-7-13(8-6-12)25-4-2/h5-10,14H,3-4,11H2,1-2H3,(H,19,21)(H,18,20,22). The van der Waals surface area contributed by atoms with Gasteiger partial charge in [-0.1, -0.05) is 6.92 Å². The molecular formula is C17H21N3O5S2. The van der Waals surface area contributed by atoms with Crippen molar-refractivity contribution in [3.63, 3.8) is 0 Å². The van der Waals surface area contributed by atoms with E-state index in [4.69, 9.17) is 4.74 Å². The number of rotatable bonds is 9. The molecule has 0 fully saturated rings. The maximum atomic E-state index is 12.5. The molecular weight excluding hydrogens is 390 g/mol. The molecule has 27 heavy (non-hydrogen) atoms. The number of sulfone groups is 1. The first-order chi connectivity index (χ1) is 12.9. The van der Waals surface area contributed by atoms with Crippen LogP contribution in [0.5, 0.6) is 5.75 Å². The first kappa shape index (κ1) is 20.8. The summed E-state index contributed by atoms with van der Waals surface area (Å²) in [5.41, 5.74) is 0.443. The van der Waals surface area contributed by atoms with Crippen molar-refractivity contribution in [3.8, 4) is 5.75 Å². The molecule has 0 aliphatic rings. The van der Waals surface area contributed by atoms with Crippen LogP contribution in [0.25, 0.3) is 0 Å². The summed E-state index contributed by atoms with van der Waals surface area (Å²) < 4.78 is 30.3. The van der Waals surface area contributed by atoms with Crippen molar-refractivity contribution in [3.05, 3.63) is 35.8 Å². The molecule has 1 heterocycles. The molecule has 0 aliphatic carbocycles. The number of anilines is 2. The van der Waals surface area contributed by atoms with E-state index in [9.17, 15) is 18.0 Å². The second kappa shape index (κ2) is 9.47. The van der Waals surface area contributed by atoms with E-state index in [1.54, 1.807) is 36.6 Å². The Hall–Kier alpha value is -2.46. The number of ether oxygens (including phenoxy) is 1. The number of hydrogen-bond acceptors (Lipinski definition) is 7. The smallest absolute Gasteiger partial charge is 0.244 e. The fraction of sp³-hybridized carbons (Fsp3) is 0.353. The van der Waals surface area contributed by atoms with Gasteiger partial charge in [0.2, 0.25) is 11.8 Å². The lowest BCUT2D eigenvalue weighted by molar-refractivity contribution is -0.115. The van der Waals surface area contributed by atoms with Gasteiger partial charge in [-0.15, -0.1) is 11.3 Å². The lowest BCUT2D eigenvalue weighted by Gasteiger charge is -2.15. The third-order valence-corrected chi connectivity index (χ3v) is 6.31. The van der Waals surface area contributed by atoms with Crippen molar-refractivity contribution in [1.82, 2.24) is 4.98 Å². The molecule has 1 aromatic heterocycles. The van der Waals surface area contributed by atoms with Crippen LogP contribution in [0.1, 0.15) is 20.3 Å². The highest BCUT2D eigenvalue weighted by atomic mass is 32.2. The first-order valence-electron chi connectivity index (χ1n) is 8.30. The molecule has 0 radical (unpaired) electrons. The van der Waals surface area contributed by atoms with E-state index in [-0.39, 0.29) is 6.42 Å². The molecule has 1 aromatic carbocycles. The molecule has 2 amide bonds. The van der Waals surface area contributed by atoms with E-state index in [0.717, 1.165) is 0 Å². The lowest BCUT2D eigenvalue weighted by Crippen LogP contribution is -2.39. The van der Waals surface area contributed by atoms with Crippen LogP contribution in [-0.4, -0.2) is 42.8 Å². The summed E-state index contributed by atoms with van der Waals surface area (Å²) in [4.78, 5) is 28.3. The summed E-state index contributed by atoms with van der Waals surface area (Å²) in [6, 6.07) is 6.57. The predicted octanol–water partition coefficient (Wildman–Crippen LogP) is 2.31. The van der Waals surface area contributed by atoms with E-state index in [0.29, 0.717) is 23.2 Å². The SMILES string of the molecule is CCOc1ccc(NC(=O)CS(=O)(=O)C(CC)C(=O)Nc2nccs2)cc1. The number of benzene rings is 1. The van der Waals surface area contributed by atoms with Crippen LogP contribution in [0.3, 0.4) is 0 Å². The molecule has 0 saturated heterocycles. The van der Waals surface area contributed by atoms with Gasteiger partial charge in [-0.25, -0.2) is 13.4 Å². The maximum absolute atomic E-state index is 12.5. The number of carbonyl (C=O) groups excluding carboxylic acids is 2. The van der Waals surface area contributed by atoms with Crippen molar-refractivity contribution in [2.75, 3.05) is 23.0 Å². The fourth-order valence-electron chi connectivity index (χ4n) is 2.36. The van der Waals surface area contributed by atoms with E-state index in [2.05, 4.69) is 15.6 Å². The van der Waals surface area contributed by atoms with Gasteiger partial charge < -0.3 is 15.4 Å². The van der Waals surface area contributed by atoms with Crippen LogP contribution in [0.15, 0.2) is 35.8 Å². The number of nitrogens with zero attached hydrogens (tertiary/aromatic N) is 1. The molecule has 10 heteroatoms. The Kier molecular flexibility index (Phi) is 7.31. The first-order valence-corrected chi connectivity index (χ1v) is 10.9. The van der Waals surface area contributed by atoms with Crippen molar-refractivity contribution >= 4 is 43.8 Å². The van der Waals surface area contributed by atoms with Gasteiger partial charge in [0.25, 0.3) is 0 Å². The van der Waals surface area contributed by atoms with Crippen LogP contribution in [0.4, 0.5) is 10.8 Å². The van der Waals surface area contributed by atoms with E-state index >= 15 is 0 Å². The van der Waals surface area contributed by atoms with Crippen molar-refractivity contribution in [2.45, 2.75) is 25.5 Å². The fourth-order valence-corrected chi connectivity index (χ4v) is 4.42. The number of aromatic nitrogens is 1. The van der Waals surface area contributed by atoms with E-state index < -0.39 is 32.7 Å². The van der Waals surface area contributed by atoms with Crippen LogP contribution >= 0.6 is 11.3 Å². The Morgan fingerprint density at radius 3 is 2.44 bits per heavy atom. The Morgan fingerprint density at radius 2 is 1.89 bits per heavy atom. The summed E-state index contributed by atoms with van der Waals surface area (Å²) in [5, 5.41) is 5.63. The van der Waals surface area contributed by atoms with Crippen LogP contribution < -0.4 is 15.4 Å². The second-order valence-electron chi connectivity index (χ2n) is 5.54. The normalized spacial score (nSPS) is 12.2. The Morgan fingerprint density at radius 1 is 1.19 bits per heavy atom. The van der Waals surface area contributed by atoms with Gasteiger partial charge in [0, 0.05) is 17.3 Å². The van der Waals surface area contributed by atoms with Crippen molar-refractivity contribution in [1.29, 1.82) is 0 Å². The van der Waals surface area contributed by atoms with Gasteiger partial charge in [0.05, 0.1) is 6.61 Å². The second-order valence-corrected chi connectivity index (χ2v) is 8.61. The van der Waals surface area contributed by atoms with Gasteiger partial charge >= 0.3 is 0 Å². The quantitative estimate of drug-likeness (QED) is 0.654. The van der Waals surface area contributed by atoms with Crippen molar-refractivity contribution < 1.29 is 22.7 Å². The van der Waals surface area contributed by atoms with E-state index in [1.807, 2.05) is 6.92 Å². The topological polar surface area (TPSA) is 114 Å². The molecule has 0 aliphatic heterocycles. The van der Waals surface area contributed by atoms with Gasteiger partial charge in [-0.05, 0) is 37.6 Å². The number of thiazole rings is 1. The number of carbonyl (C=O) groups is 2. The lowest BCUT2D eigenvalue weighted by atomic mass is 10.3. The minimum absolute atomic E-state index is 0.0515. The Bertz CT molecular complexity index is 864. The number of hydrogen-bond donors (Lipinski definition) is 2. The zero-order valence-corrected chi connectivity index (χ0v) is 16.6. The number of amides is 2. The molecule has 0 bridgehead atoms. The van der Waals surface area contributed by atoms with Gasteiger partial charge in [0.15, 0.2) is 15.0 Å². The summed E-state index contributed by atoms with van der Waals surface area (Å²) in [7, 11) is -3.98. The summed E-state index contributed by atoms with van der Waals surface area (Å²) in [6.45, 7) is 3.95. The van der Waals surface area contributed by atoms with Crippen molar-refractivity contribution in [2.24, 2.45) is 0 Å². The molecule has 2 rings (SSSR count). The van der Waals surface area contributed by atoms with Gasteiger partial charge in [-0.3, -0.25) is 9.59 Å². The molecule has 1 atom stereocenters. The average molecular weight is 412 g/mol. The molecule has 0 spiro atoms. The Balaban J connectivity index is 1.99. The molecule has 0 saturated carbocycles. The number of nitrogens with one attached hydrogen (secondary N) is 2. The summed E-state index contributed by atoms with van der Waals surface area (Å²) >= 11 is 1.18. The average Bonchev–Trinajstić information content (AvgIpc) is 3.09. The third kappa shape index (κ3) is 6.04. The highest BCUT2D eigenvalue weighted by Gasteiger charge is 2.33. The highest BCUT2D eigenvalue weighted by Crippen LogP contribution is 2.17. The minimum atomic E-state index is -3.98. The van der Waals surface area contributed by atoms with Crippen LogP contribution in [-0.2, 0) is 19.4 Å². The molecule has 2 N–H and O–H groups in total. The highest BCUT2D eigenvalue weighted by molar-refractivity contribution is 7.93. The predicted molar refractivity (Wildman–Crippen MR) is 105 cm³/mol. The summed E-state index contributed by atoms with van der Waals surface area (Å²) in [5.74, 6) is -1.54. The monoisotopic (exact) mass is 411 g/mol.